The van der Waals surface area contributed by atoms with Crippen LogP contribution >= 0.6 is 0 Å². The van der Waals surface area contributed by atoms with Gasteiger partial charge in [0.2, 0.25) is 0 Å². The SMILES string of the molecule is N#Cc1ccc2c(c1)C(c1ccccc1)c1cc(-c3cc4ccccc4c4c3oc3cc5ccccc5cc34)ccc1-2. The van der Waals surface area contributed by atoms with E-state index in [1.54, 1.807) is 0 Å². The lowest BCUT2D eigenvalue weighted by Crippen LogP contribution is -1.99. The van der Waals surface area contributed by atoms with E-state index in [-0.39, 0.29) is 5.92 Å². The van der Waals surface area contributed by atoms with Crippen molar-refractivity contribution in [1.82, 2.24) is 0 Å². The molecule has 1 aliphatic rings. The summed E-state index contributed by atoms with van der Waals surface area (Å²) in [7, 11) is 0. The first kappa shape index (κ1) is 23.1. The smallest absolute Gasteiger partial charge is 0.143 e. The Labute approximate surface area is 242 Å². The van der Waals surface area contributed by atoms with Crippen LogP contribution in [-0.4, -0.2) is 0 Å². The van der Waals surface area contributed by atoms with Crippen molar-refractivity contribution < 1.29 is 4.42 Å². The first-order chi connectivity index (χ1) is 20.8. The fraction of sp³-hybridized carbons (Fsp3) is 0.0250. The molecule has 0 radical (unpaired) electrons. The molecule has 0 fully saturated rings. The summed E-state index contributed by atoms with van der Waals surface area (Å²) in [5.74, 6) is 0.0568. The number of rotatable bonds is 2. The summed E-state index contributed by atoms with van der Waals surface area (Å²) in [6.45, 7) is 0. The van der Waals surface area contributed by atoms with Crippen molar-refractivity contribution in [3.63, 3.8) is 0 Å². The third-order valence-electron chi connectivity index (χ3n) is 8.92. The molecule has 1 atom stereocenters. The van der Waals surface area contributed by atoms with Crippen molar-refractivity contribution in [3.05, 3.63) is 156 Å². The van der Waals surface area contributed by atoms with Gasteiger partial charge in [0, 0.05) is 22.3 Å². The van der Waals surface area contributed by atoms with Crippen molar-refractivity contribution >= 4 is 43.5 Å². The minimum absolute atomic E-state index is 0.0568. The third kappa shape index (κ3) is 3.25. The molecule has 0 saturated heterocycles. The molecule has 0 N–H and O–H groups in total. The average Bonchev–Trinajstić information content (AvgIpc) is 3.58. The van der Waals surface area contributed by atoms with Gasteiger partial charge in [-0.25, -0.2) is 0 Å². The number of fused-ring (bicyclic) bond motifs is 9. The summed E-state index contributed by atoms with van der Waals surface area (Å²) < 4.78 is 6.74. The third-order valence-corrected chi connectivity index (χ3v) is 8.92. The Balaban J connectivity index is 1.34. The molecule has 2 heteroatoms. The first-order valence-electron chi connectivity index (χ1n) is 14.3. The van der Waals surface area contributed by atoms with E-state index in [1.807, 2.05) is 6.07 Å². The molecule has 1 unspecified atom stereocenters. The number of nitrogens with zero attached hydrogens (tertiary/aromatic N) is 1. The van der Waals surface area contributed by atoms with Gasteiger partial charge in [-0.15, -0.1) is 0 Å². The van der Waals surface area contributed by atoms with Crippen molar-refractivity contribution in [2.45, 2.75) is 5.92 Å². The molecule has 194 valence electrons. The summed E-state index contributed by atoms with van der Waals surface area (Å²) in [4.78, 5) is 0. The van der Waals surface area contributed by atoms with E-state index in [9.17, 15) is 5.26 Å². The Hall–Kier alpha value is -5.65. The van der Waals surface area contributed by atoms with Crippen LogP contribution in [0.4, 0.5) is 0 Å². The van der Waals surface area contributed by atoms with Crippen LogP contribution in [0.15, 0.2) is 138 Å². The maximum Gasteiger partial charge on any atom is 0.143 e. The van der Waals surface area contributed by atoms with Crippen molar-refractivity contribution in [2.75, 3.05) is 0 Å². The predicted octanol–water partition coefficient (Wildman–Crippen LogP) is 10.6. The van der Waals surface area contributed by atoms with E-state index in [4.69, 9.17) is 4.42 Å². The van der Waals surface area contributed by atoms with E-state index in [2.05, 4.69) is 133 Å². The first-order valence-corrected chi connectivity index (χ1v) is 14.3. The molecule has 42 heavy (non-hydrogen) atoms. The lowest BCUT2D eigenvalue weighted by molar-refractivity contribution is 0.671. The van der Waals surface area contributed by atoms with Gasteiger partial charge in [0.1, 0.15) is 11.2 Å². The van der Waals surface area contributed by atoms with Crippen LogP contribution in [0.2, 0.25) is 0 Å². The van der Waals surface area contributed by atoms with Crippen LogP contribution in [0, 0.1) is 11.3 Å². The van der Waals surface area contributed by atoms with Gasteiger partial charge < -0.3 is 4.42 Å². The van der Waals surface area contributed by atoms with E-state index in [1.165, 1.54) is 49.4 Å². The normalized spacial score (nSPS) is 13.9. The summed E-state index contributed by atoms with van der Waals surface area (Å²) >= 11 is 0. The average molecular weight is 534 g/mol. The molecule has 0 saturated carbocycles. The zero-order valence-corrected chi connectivity index (χ0v) is 22.6. The summed E-state index contributed by atoms with van der Waals surface area (Å²) in [6.07, 6.45) is 0. The molecule has 7 aromatic carbocycles. The molecule has 0 amide bonds. The van der Waals surface area contributed by atoms with Crippen LogP contribution in [0.3, 0.4) is 0 Å². The lowest BCUT2D eigenvalue weighted by atomic mass is 9.87. The second-order valence-corrected chi connectivity index (χ2v) is 11.2. The van der Waals surface area contributed by atoms with Gasteiger partial charge in [0.15, 0.2) is 0 Å². The van der Waals surface area contributed by atoms with E-state index < -0.39 is 0 Å². The predicted molar refractivity (Wildman–Crippen MR) is 172 cm³/mol. The Kier molecular flexibility index (Phi) is 4.77. The van der Waals surface area contributed by atoms with Crippen LogP contribution in [0.25, 0.3) is 65.7 Å². The van der Waals surface area contributed by atoms with Gasteiger partial charge in [-0.1, -0.05) is 97.1 Å². The van der Waals surface area contributed by atoms with Crippen LogP contribution in [0.5, 0.6) is 0 Å². The number of hydrogen-bond acceptors (Lipinski definition) is 2. The number of furan rings is 1. The lowest BCUT2D eigenvalue weighted by Gasteiger charge is -2.16. The van der Waals surface area contributed by atoms with E-state index in [0.717, 1.165) is 33.1 Å². The maximum atomic E-state index is 9.68. The molecule has 1 aliphatic carbocycles. The highest BCUT2D eigenvalue weighted by Crippen LogP contribution is 2.50. The molecule has 9 rings (SSSR count). The Morgan fingerprint density at radius 3 is 2.05 bits per heavy atom. The second-order valence-electron chi connectivity index (χ2n) is 11.2. The summed E-state index contributed by atoms with van der Waals surface area (Å²) in [5.41, 5.74) is 10.8. The van der Waals surface area contributed by atoms with Crippen molar-refractivity contribution in [1.29, 1.82) is 5.26 Å². The molecule has 1 aromatic heterocycles. The molecule has 0 bridgehead atoms. The number of benzene rings is 7. The van der Waals surface area contributed by atoms with Gasteiger partial charge in [0.05, 0.1) is 11.6 Å². The molecule has 0 aliphatic heterocycles. The zero-order chi connectivity index (χ0) is 27.8. The Morgan fingerprint density at radius 1 is 0.548 bits per heavy atom. The van der Waals surface area contributed by atoms with Crippen LogP contribution in [0.1, 0.15) is 28.2 Å². The molecule has 2 nitrogen and oxygen atoms in total. The van der Waals surface area contributed by atoms with Crippen LogP contribution < -0.4 is 0 Å². The second kappa shape index (κ2) is 8.67. The van der Waals surface area contributed by atoms with Gasteiger partial charge in [-0.3, -0.25) is 0 Å². The maximum absolute atomic E-state index is 9.68. The minimum Gasteiger partial charge on any atom is -0.455 e. The highest BCUT2D eigenvalue weighted by atomic mass is 16.3. The van der Waals surface area contributed by atoms with Crippen LogP contribution in [-0.2, 0) is 0 Å². The van der Waals surface area contributed by atoms with Gasteiger partial charge >= 0.3 is 0 Å². The summed E-state index contributed by atoms with van der Waals surface area (Å²) in [6, 6.07) is 49.6. The zero-order valence-electron chi connectivity index (χ0n) is 22.6. The Morgan fingerprint density at radius 2 is 1.24 bits per heavy atom. The molecular weight excluding hydrogens is 510 g/mol. The quantitative estimate of drug-likeness (QED) is 0.222. The van der Waals surface area contributed by atoms with Crippen molar-refractivity contribution in [3.8, 4) is 28.3 Å². The van der Waals surface area contributed by atoms with Gasteiger partial charge in [0.25, 0.3) is 0 Å². The van der Waals surface area contributed by atoms with Crippen molar-refractivity contribution in [2.24, 2.45) is 0 Å². The summed E-state index contributed by atoms with van der Waals surface area (Å²) in [5, 5.41) is 16.8. The fourth-order valence-corrected chi connectivity index (χ4v) is 7.03. The van der Waals surface area contributed by atoms with E-state index >= 15 is 0 Å². The molecular formula is C40H23NO. The number of hydrogen-bond donors (Lipinski definition) is 0. The molecule has 0 spiro atoms. The van der Waals surface area contributed by atoms with Gasteiger partial charge in [-0.2, -0.15) is 5.26 Å². The van der Waals surface area contributed by atoms with E-state index in [0.29, 0.717) is 5.56 Å². The highest BCUT2D eigenvalue weighted by molar-refractivity contribution is 6.24. The molecule has 1 heterocycles. The van der Waals surface area contributed by atoms with Gasteiger partial charge in [-0.05, 0) is 91.3 Å². The fourth-order valence-electron chi connectivity index (χ4n) is 7.03. The monoisotopic (exact) mass is 533 g/mol. The number of nitriles is 1. The Bertz CT molecular complexity index is 2420. The standard InChI is InChI=1S/C40H23NO/c41-23-24-14-16-31-32-17-15-29(21-35(32)38(34(31)18-24)25-8-2-1-3-9-25)33-20-28-12-6-7-13-30(28)39-36-19-26-10-4-5-11-27(26)22-37(36)42-40(33)39/h1-22,38H. The minimum atomic E-state index is 0.0568. The largest absolute Gasteiger partial charge is 0.455 e. The topological polar surface area (TPSA) is 36.9 Å². The highest BCUT2D eigenvalue weighted by Gasteiger charge is 2.31. The molecule has 8 aromatic rings.